The van der Waals surface area contributed by atoms with Gasteiger partial charge in [0, 0.05) is 23.7 Å². The summed E-state index contributed by atoms with van der Waals surface area (Å²) >= 11 is 5.89. The van der Waals surface area contributed by atoms with Crippen LogP contribution in [0.1, 0.15) is 27.9 Å². The molecule has 1 heterocycles. The number of β-amino-alcohol motifs (C(OH)–C–C–N with tert-alkyl or cyclic N) is 1. The van der Waals surface area contributed by atoms with Gasteiger partial charge in [-0.25, -0.2) is 0 Å². The maximum Gasteiger partial charge on any atom is 0.253 e. The van der Waals surface area contributed by atoms with Crippen molar-refractivity contribution in [1.82, 2.24) is 10.2 Å². The molecular formula is C22H27ClN2O3. The first kappa shape index (κ1) is 20.8. The molecule has 150 valence electrons. The largest absolute Gasteiger partial charge is 0.390 e. The van der Waals surface area contributed by atoms with Crippen molar-refractivity contribution < 1.29 is 15.0 Å². The van der Waals surface area contributed by atoms with Crippen LogP contribution in [0.15, 0.2) is 48.5 Å². The molecule has 1 fully saturated rings. The Bertz CT molecular complexity index is 812. The van der Waals surface area contributed by atoms with Gasteiger partial charge in [0.05, 0.1) is 12.6 Å². The second-order valence-electron chi connectivity index (χ2n) is 7.49. The van der Waals surface area contributed by atoms with E-state index in [-0.39, 0.29) is 19.0 Å². The number of nitrogens with zero attached hydrogens (tertiary/aromatic N) is 1. The maximum absolute atomic E-state index is 12.7. The minimum Gasteiger partial charge on any atom is -0.390 e. The zero-order valence-electron chi connectivity index (χ0n) is 16.1. The lowest BCUT2D eigenvalue weighted by Gasteiger charge is -2.42. The predicted octanol–water partition coefficient (Wildman–Crippen LogP) is 2.42. The number of aliphatic hydroxyl groups excluding tert-OH is 1. The van der Waals surface area contributed by atoms with Crippen LogP contribution in [0.4, 0.5) is 0 Å². The second-order valence-corrected chi connectivity index (χ2v) is 7.93. The molecule has 0 radical (unpaired) electrons. The maximum atomic E-state index is 12.7. The highest BCUT2D eigenvalue weighted by Gasteiger charge is 2.42. The third-order valence-corrected chi connectivity index (χ3v) is 5.65. The second kappa shape index (κ2) is 9.05. The zero-order valence-corrected chi connectivity index (χ0v) is 16.8. The Morgan fingerprint density at radius 1 is 1.25 bits per heavy atom. The number of halogens is 1. The van der Waals surface area contributed by atoms with Crippen molar-refractivity contribution in [3.63, 3.8) is 0 Å². The summed E-state index contributed by atoms with van der Waals surface area (Å²) in [6, 6.07) is 14.9. The molecule has 2 aromatic rings. The van der Waals surface area contributed by atoms with Crippen LogP contribution in [-0.2, 0) is 6.42 Å². The van der Waals surface area contributed by atoms with Crippen molar-refractivity contribution in [2.75, 3.05) is 26.2 Å². The molecular weight excluding hydrogens is 376 g/mol. The molecule has 1 aliphatic rings. The Hall–Kier alpha value is -1.92. The molecule has 1 aliphatic heterocycles. The Kier molecular flexibility index (Phi) is 6.73. The van der Waals surface area contributed by atoms with Crippen molar-refractivity contribution in [2.45, 2.75) is 31.5 Å². The fourth-order valence-electron chi connectivity index (χ4n) is 3.60. The predicted molar refractivity (Wildman–Crippen MR) is 111 cm³/mol. The van der Waals surface area contributed by atoms with Crippen LogP contribution in [0.5, 0.6) is 0 Å². The third kappa shape index (κ3) is 4.92. The molecule has 0 unspecified atom stereocenters. The lowest BCUT2D eigenvalue weighted by Crippen LogP contribution is -2.62. The molecule has 0 bridgehead atoms. The highest BCUT2D eigenvalue weighted by atomic mass is 35.5. The molecule has 0 saturated carbocycles. The van der Waals surface area contributed by atoms with Crippen molar-refractivity contribution >= 4 is 17.5 Å². The van der Waals surface area contributed by atoms with E-state index < -0.39 is 11.7 Å². The molecule has 1 amide bonds. The molecule has 1 saturated heterocycles. The summed E-state index contributed by atoms with van der Waals surface area (Å²) in [6.45, 7) is 3.49. The monoisotopic (exact) mass is 402 g/mol. The SMILES string of the molecule is Cc1ccccc1CCNC[C@@]1(O)CN(C(=O)c2ccc(Cl)cc2)CC[C@@H]1O. The van der Waals surface area contributed by atoms with E-state index in [0.717, 1.165) is 6.42 Å². The van der Waals surface area contributed by atoms with Gasteiger partial charge in [-0.3, -0.25) is 4.79 Å². The van der Waals surface area contributed by atoms with E-state index in [0.29, 0.717) is 30.1 Å². The molecule has 0 aliphatic carbocycles. The van der Waals surface area contributed by atoms with Gasteiger partial charge in [-0.1, -0.05) is 35.9 Å². The molecule has 28 heavy (non-hydrogen) atoms. The van der Waals surface area contributed by atoms with Gasteiger partial charge >= 0.3 is 0 Å². The smallest absolute Gasteiger partial charge is 0.253 e. The van der Waals surface area contributed by atoms with E-state index in [9.17, 15) is 15.0 Å². The molecule has 0 spiro atoms. The molecule has 2 aromatic carbocycles. The number of aliphatic hydroxyl groups is 2. The van der Waals surface area contributed by atoms with Gasteiger partial charge in [-0.2, -0.15) is 0 Å². The summed E-state index contributed by atoms with van der Waals surface area (Å²) in [5, 5.41) is 25.1. The van der Waals surface area contributed by atoms with Crippen molar-refractivity contribution in [3.05, 3.63) is 70.2 Å². The van der Waals surface area contributed by atoms with E-state index >= 15 is 0 Å². The molecule has 5 nitrogen and oxygen atoms in total. The van der Waals surface area contributed by atoms with Gasteiger partial charge in [0.2, 0.25) is 0 Å². The number of hydrogen-bond acceptors (Lipinski definition) is 4. The summed E-state index contributed by atoms with van der Waals surface area (Å²) in [4.78, 5) is 14.3. The molecule has 0 aromatic heterocycles. The van der Waals surface area contributed by atoms with Crippen LogP contribution in [0.2, 0.25) is 5.02 Å². The fourth-order valence-corrected chi connectivity index (χ4v) is 3.73. The lowest BCUT2D eigenvalue weighted by atomic mass is 9.89. The Morgan fingerprint density at radius 2 is 1.96 bits per heavy atom. The first-order valence-corrected chi connectivity index (χ1v) is 9.97. The fraction of sp³-hybridized carbons (Fsp3) is 0.409. The standard InChI is InChI=1S/C22H27ClN2O3/c1-16-4-2-3-5-17(16)10-12-24-14-22(28)15-25(13-11-20(22)26)21(27)18-6-8-19(23)9-7-18/h2-9,20,24,26,28H,10-15H2,1H3/t20-,22+/m0/s1. The van der Waals surface area contributed by atoms with Gasteiger partial charge in [-0.15, -0.1) is 0 Å². The molecule has 3 rings (SSSR count). The van der Waals surface area contributed by atoms with E-state index in [4.69, 9.17) is 11.6 Å². The van der Waals surface area contributed by atoms with Gasteiger partial charge in [0.1, 0.15) is 5.60 Å². The van der Waals surface area contributed by atoms with Crippen LogP contribution < -0.4 is 5.32 Å². The first-order valence-electron chi connectivity index (χ1n) is 9.59. The number of aryl methyl sites for hydroxylation is 1. The van der Waals surface area contributed by atoms with Gasteiger partial charge in [-0.05, 0) is 61.7 Å². The number of benzene rings is 2. The molecule has 2 atom stereocenters. The number of carbonyl (C=O) groups is 1. The van der Waals surface area contributed by atoms with E-state index in [1.54, 1.807) is 29.2 Å². The number of hydrogen-bond donors (Lipinski definition) is 3. The van der Waals surface area contributed by atoms with Crippen LogP contribution in [0.25, 0.3) is 0 Å². The summed E-state index contributed by atoms with van der Waals surface area (Å²) in [6.07, 6.45) is 0.314. The quantitative estimate of drug-likeness (QED) is 0.649. The van der Waals surface area contributed by atoms with Crippen LogP contribution >= 0.6 is 11.6 Å². The Balaban J connectivity index is 1.57. The summed E-state index contributed by atoms with van der Waals surface area (Å²) in [5.74, 6) is -0.165. The minimum atomic E-state index is -1.37. The average molecular weight is 403 g/mol. The van der Waals surface area contributed by atoms with Crippen LogP contribution in [-0.4, -0.2) is 58.9 Å². The number of amides is 1. The highest BCUT2D eigenvalue weighted by molar-refractivity contribution is 6.30. The Morgan fingerprint density at radius 3 is 2.68 bits per heavy atom. The average Bonchev–Trinajstić information content (AvgIpc) is 2.69. The number of nitrogens with one attached hydrogen (secondary N) is 1. The highest BCUT2D eigenvalue weighted by Crippen LogP contribution is 2.23. The van der Waals surface area contributed by atoms with Crippen molar-refractivity contribution in [2.24, 2.45) is 0 Å². The van der Waals surface area contributed by atoms with Crippen molar-refractivity contribution in [3.8, 4) is 0 Å². The summed E-state index contributed by atoms with van der Waals surface area (Å²) < 4.78 is 0. The Labute approximate surface area is 170 Å². The number of rotatable bonds is 6. The van der Waals surface area contributed by atoms with E-state index in [1.807, 2.05) is 12.1 Å². The summed E-state index contributed by atoms with van der Waals surface area (Å²) in [7, 11) is 0. The van der Waals surface area contributed by atoms with Crippen molar-refractivity contribution in [1.29, 1.82) is 0 Å². The lowest BCUT2D eigenvalue weighted by molar-refractivity contribution is -0.111. The first-order chi connectivity index (χ1) is 13.4. The van der Waals surface area contributed by atoms with E-state index in [1.165, 1.54) is 11.1 Å². The minimum absolute atomic E-state index is 0.0903. The van der Waals surface area contributed by atoms with Crippen LogP contribution in [0.3, 0.4) is 0 Å². The number of piperidine rings is 1. The number of likely N-dealkylation sites (tertiary alicyclic amines) is 1. The topological polar surface area (TPSA) is 72.8 Å². The van der Waals surface area contributed by atoms with E-state index in [2.05, 4.69) is 24.4 Å². The van der Waals surface area contributed by atoms with Crippen LogP contribution in [0, 0.1) is 6.92 Å². The van der Waals surface area contributed by atoms with Gasteiger partial charge < -0.3 is 20.4 Å². The molecule has 6 heteroatoms. The molecule has 3 N–H and O–H groups in total. The zero-order chi connectivity index (χ0) is 20.1. The normalized spacial score (nSPS) is 22.3. The van der Waals surface area contributed by atoms with Gasteiger partial charge in [0.15, 0.2) is 0 Å². The summed E-state index contributed by atoms with van der Waals surface area (Å²) in [5.41, 5.74) is 1.65. The number of carbonyl (C=O) groups excluding carboxylic acids is 1. The van der Waals surface area contributed by atoms with Gasteiger partial charge in [0.25, 0.3) is 5.91 Å². The third-order valence-electron chi connectivity index (χ3n) is 5.40.